The number of urea groups is 1. The number of carbonyl (C=O) groups excluding carboxylic acids is 2. The predicted octanol–water partition coefficient (Wildman–Crippen LogP) is 3.48. The third kappa shape index (κ3) is 4.74. The second-order valence-corrected chi connectivity index (χ2v) is 8.37. The summed E-state index contributed by atoms with van der Waals surface area (Å²) in [6, 6.07) is 5.91. The van der Waals surface area contributed by atoms with Crippen LogP contribution in [0.5, 0.6) is 0 Å². The summed E-state index contributed by atoms with van der Waals surface area (Å²) in [5.74, 6) is 1.17. The molecular weight excluding hydrogens is 396 g/mol. The van der Waals surface area contributed by atoms with Crippen molar-refractivity contribution >= 4 is 17.6 Å². The fourth-order valence-electron chi connectivity index (χ4n) is 4.18. The summed E-state index contributed by atoms with van der Waals surface area (Å²) >= 11 is 0. The fourth-order valence-corrected chi connectivity index (χ4v) is 4.18. The molecule has 4 rings (SSSR count). The van der Waals surface area contributed by atoms with Crippen molar-refractivity contribution in [2.45, 2.75) is 39.5 Å². The molecule has 0 atom stereocenters. The molecule has 2 saturated heterocycles. The zero-order chi connectivity index (χ0) is 22.0. The smallest absolute Gasteiger partial charge is 0.321 e. The van der Waals surface area contributed by atoms with E-state index in [1.54, 1.807) is 11.8 Å². The number of anilines is 1. The van der Waals surface area contributed by atoms with Crippen LogP contribution < -0.4 is 5.32 Å². The lowest BCUT2D eigenvalue weighted by molar-refractivity contribution is 0.0298. The summed E-state index contributed by atoms with van der Waals surface area (Å²) in [5, 5.41) is 3.01. The number of amides is 3. The quantitative estimate of drug-likeness (QED) is 0.812. The predicted molar refractivity (Wildman–Crippen MR) is 116 cm³/mol. The number of piperidine rings is 1. The van der Waals surface area contributed by atoms with E-state index in [-0.39, 0.29) is 17.9 Å². The number of hydrogen-bond donors (Lipinski definition) is 1. The summed E-state index contributed by atoms with van der Waals surface area (Å²) in [6.45, 7) is 9.32. The molecule has 1 N–H and O–H groups in total. The van der Waals surface area contributed by atoms with E-state index in [0.717, 1.165) is 24.1 Å². The molecule has 2 fully saturated rings. The molecule has 166 valence electrons. The third-order valence-corrected chi connectivity index (χ3v) is 6.07. The van der Waals surface area contributed by atoms with E-state index in [2.05, 4.69) is 16.4 Å². The number of aryl methyl sites for hydroxylation is 3. The van der Waals surface area contributed by atoms with Gasteiger partial charge in [-0.15, -0.1) is 0 Å². The highest BCUT2D eigenvalue weighted by Crippen LogP contribution is 2.30. The Balaban J connectivity index is 1.35. The van der Waals surface area contributed by atoms with Crippen LogP contribution in [0.15, 0.2) is 22.6 Å². The monoisotopic (exact) mass is 426 g/mol. The number of likely N-dealkylation sites (tertiary alicyclic amines) is 1. The highest BCUT2D eigenvalue weighted by molar-refractivity contribution is 5.93. The maximum Gasteiger partial charge on any atom is 0.321 e. The van der Waals surface area contributed by atoms with Gasteiger partial charge in [0.25, 0.3) is 5.91 Å². The van der Waals surface area contributed by atoms with E-state index < -0.39 is 0 Å². The maximum absolute atomic E-state index is 12.8. The molecule has 31 heavy (non-hydrogen) atoms. The van der Waals surface area contributed by atoms with Crippen molar-refractivity contribution in [3.63, 3.8) is 0 Å². The number of morpholine rings is 1. The SMILES string of the molecule is Cc1ccc(NC(=O)N2CCC(c3nc(C(=O)N4CCOCC4)c(C)o3)CC2)c(C)c1. The van der Waals surface area contributed by atoms with Crippen molar-refractivity contribution in [1.29, 1.82) is 0 Å². The highest BCUT2D eigenvalue weighted by Gasteiger charge is 2.30. The van der Waals surface area contributed by atoms with E-state index >= 15 is 0 Å². The molecule has 0 saturated carbocycles. The fraction of sp³-hybridized carbons (Fsp3) is 0.522. The highest BCUT2D eigenvalue weighted by atomic mass is 16.5. The topological polar surface area (TPSA) is 87.9 Å². The lowest BCUT2D eigenvalue weighted by Gasteiger charge is -2.30. The van der Waals surface area contributed by atoms with Crippen molar-refractivity contribution in [2.24, 2.45) is 0 Å². The van der Waals surface area contributed by atoms with Gasteiger partial charge in [0.2, 0.25) is 0 Å². The Hall–Kier alpha value is -2.87. The van der Waals surface area contributed by atoms with E-state index in [9.17, 15) is 9.59 Å². The molecule has 1 aromatic carbocycles. The van der Waals surface area contributed by atoms with E-state index in [1.807, 2.05) is 30.9 Å². The average Bonchev–Trinajstić information content (AvgIpc) is 3.17. The molecule has 0 radical (unpaired) electrons. The van der Waals surface area contributed by atoms with Crippen LogP contribution >= 0.6 is 0 Å². The van der Waals surface area contributed by atoms with Gasteiger partial charge in [-0.3, -0.25) is 4.79 Å². The molecule has 0 unspecified atom stereocenters. The average molecular weight is 427 g/mol. The van der Waals surface area contributed by atoms with Gasteiger partial charge >= 0.3 is 6.03 Å². The second-order valence-electron chi connectivity index (χ2n) is 8.37. The molecule has 1 aromatic heterocycles. The van der Waals surface area contributed by atoms with Crippen LogP contribution in [0.3, 0.4) is 0 Å². The van der Waals surface area contributed by atoms with Crippen LogP contribution in [0.25, 0.3) is 0 Å². The molecule has 2 aliphatic rings. The number of nitrogens with zero attached hydrogens (tertiary/aromatic N) is 3. The molecule has 2 aromatic rings. The Kier molecular flexibility index (Phi) is 6.27. The largest absolute Gasteiger partial charge is 0.445 e. The van der Waals surface area contributed by atoms with Gasteiger partial charge in [0.05, 0.1) is 13.2 Å². The van der Waals surface area contributed by atoms with Crippen molar-refractivity contribution in [3.8, 4) is 0 Å². The van der Waals surface area contributed by atoms with Crippen LogP contribution in [-0.2, 0) is 4.74 Å². The van der Waals surface area contributed by atoms with E-state index in [1.165, 1.54) is 5.56 Å². The lowest BCUT2D eigenvalue weighted by atomic mass is 9.97. The van der Waals surface area contributed by atoms with Crippen LogP contribution in [-0.4, -0.2) is 66.1 Å². The molecule has 0 aliphatic carbocycles. The summed E-state index contributed by atoms with van der Waals surface area (Å²) in [5.41, 5.74) is 3.46. The van der Waals surface area contributed by atoms with Crippen molar-refractivity contribution in [2.75, 3.05) is 44.7 Å². The number of benzene rings is 1. The molecular formula is C23H30N4O4. The minimum atomic E-state index is -0.0962. The molecule has 8 nitrogen and oxygen atoms in total. The van der Waals surface area contributed by atoms with Gasteiger partial charge < -0.3 is 24.3 Å². The first-order chi connectivity index (χ1) is 14.9. The first kappa shape index (κ1) is 21.4. The zero-order valence-corrected chi connectivity index (χ0v) is 18.4. The Morgan fingerprint density at radius 2 is 1.74 bits per heavy atom. The van der Waals surface area contributed by atoms with Gasteiger partial charge in [0, 0.05) is 37.8 Å². The van der Waals surface area contributed by atoms with Crippen LogP contribution in [0.1, 0.15) is 52.0 Å². The number of nitrogens with one attached hydrogen (secondary N) is 1. The molecule has 0 spiro atoms. The first-order valence-corrected chi connectivity index (χ1v) is 10.9. The zero-order valence-electron chi connectivity index (χ0n) is 18.4. The summed E-state index contributed by atoms with van der Waals surface area (Å²) in [4.78, 5) is 33.6. The minimum absolute atomic E-state index is 0.0860. The van der Waals surface area contributed by atoms with Gasteiger partial charge in [0.1, 0.15) is 5.76 Å². The Labute approximate surface area is 182 Å². The number of carbonyl (C=O) groups is 2. The maximum atomic E-state index is 12.8. The summed E-state index contributed by atoms with van der Waals surface area (Å²) < 4.78 is 11.2. The Bertz CT molecular complexity index is 956. The molecule has 3 amide bonds. The van der Waals surface area contributed by atoms with E-state index in [4.69, 9.17) is 9.15 Å². The number of rotatable bonds is 3. The lowest BCUT2D eigenvalue weighted by Crippen LogP contribution is -2.41. The first-order valence-electron chi connectivity index (χ1n) is 10.9. The van der Waals surface area contributed by atoms with Gasteiger partial charge in [-0.1, -0.05) is 17.7 Å². The van der Waals surface area contributed by atoms with Crippen LogP contribution in [0.4, 0.5) is 10.5 Å². The van der Waals surface area contributed by atoms with E-state index in [0.29, 0.717) is 56.7 Å². The second kappa shape index (κ2) is 9.09. The van der Waals surface area contributed by atoms with Gasteiger partial charge in [-0.05, 0) is 45.2 Å². The molecule has 8 heteroatoms. The van der Waals surface area contributed by atoms with Crippen molar-refractivity contribution in [3.05, 3.63) is 46.7 Å². The van der Waals surface area contributed by atoms with Gasteiger partial charge in [-0.25, -0.2) is 9.78 Å². The number of ether oxygens (including phenoxy) is 1. The van der Waals surface area contributed by atoms with Crippen molar-refractivity contribution in [1.82, 2.24) is 14.8 Å². The molecule has 0 bridgehead atoms. The normalized spacial score (nSPS) is 17.6. The Morgan fingerprint density at radius 1 is 1.03 bits per heavy atom. The number of hydrogen-bond acceptors (Lipinski definition) is 5. The summed E-state index contributed by atoms with van der Waals surface area (Å²) in [7, 11) is 0. The number of aromatic nitrogens is 1. The summed E-state index contributed by atoms with van der Waals surface area (Å²) in [6.07, 6.45) is 1.51. The van der Waals surface area contributed by atoms with Gasteiger partial charge in [-0.2, -0.15) is 0 Å². The molecule has 3 heterocycles. The molecule has 2 aliphatic heterocycles. The van der Waals surface area contributed by atoms with Gasteiger partial charge in [0.15, 0.2) is 11.6 Å². The third-order valence-electron chi connectivity index (χ3n) is 6.07. The minimum Gasteiger partial charge on any atom is -0.445 e. The standard InChI is InChI=1S/C23H30N4O4/c1-15-4-5-19(16(2)14-15)24-23(29)27-8-6-18(7-9-27)21-25-20(17(3)31-21)22(28)26-10-12-30-13-11-26/h4-5,14,18H,6-13H2,1-3H3,(H,24,29). The Morgan fingerprint density at radius 3 is 2.42 bits per heavy atom. The van der Waals surface area contributed by atoms with Crippen LogP contribution in [0.2, 0.25) is 0 Å². The van der Waals surface area contributed by atoms with Crippen LogP contribution in [0, 0.1) is 20.8 Å². The van der Waals surface area contributed by atoms with Crippen molar-refractivity contribution < 1.29 is 18.7 Å². The number of oxazole rings is 1.